The molecule has 0 saturated heterocycles. The summed E-state index contributed by atoms with van der Waals surface area (Å²) in [5, 5.41) is 11.8. The van der Waals surface area contributed by atoms with E-state index in [9.17, 15) is 18.3 Å². The van der Waals surface area contributed by atoms with Gasteiger partial charge in [0, 0.05) is 5.39 Å². The van der Waals surface area contributed by atoms with Gasteiger partial charge in [-0.05, 0) is 61.6 Å². The molecule has 0 radical (unpaired) electrons. The lowest BCUT2D eigenvalue weighted by molar-refractivity contribution is -0.110. The van der Waals surface area contributed by atoms with Gasteiger partial charge in [-0.2, -0.15) is 0 Å². The summed E-state index contributed by atoms with van der Waals surface area (Å²) >= 11 is 0. The molecule has 136 valence electrons. The van der Waals surface area contributed by atoms with Crippen molar-refractivity contribution < 1.29 is 18.3 Å². The van der Waals surface area contributed by atoms with Crippen LogP contribution in [0.4, 0.5) is 0 Å². The van der Waals surface area contributed by atoms with Gasteiger partial charge >= 0.3 is 0 Å². The van der Waals surface area contributed by atoms with Crippen molar-refractivity contribution in [3.8, 4) is 0 Å². The van der Waals surface area contributed by atoms with Crippen LogP contribution >= 0.6 is 0 Å². The molecule has 5 nitrogen and oxygen atoms in total. The highest BCUT2D eigenvalue weighted by atomic mass is 32.2. The zero-order chi connectivity index (χ0) is 19.2. The molecule has 6 heteroatoms. The Balaban J connectivity index is 2.06. The molecule has 1 aromatic heterocycles. The monoisotopic (exact) mass is 379 g/mol. The summed E-state index contributed by atoms with van der Waals surface area (Å²) in [6, 6.07) is 15.1. The molecule has 0 spiro atoms. The first-order chi connectivity index (χ1) is 12.8. The van der Waals surface area contributed by atoms with E-state index in [1.54, 1.807) is 30.3 Å². The standard InChI is InChI=1S/C21H17NO4S/c1-15-7-8-19-16(13-15)14-20(21(24)11-9-17(23)10-12-21)22(19)27(25,26)18-5-3-2-4-6-18/h2-14,24H,1H3. The lowest BCUT2D eigenvalue weighted by Crippen LogP contribution is -2.29. The average Bonchev–Trinajstić information content (AvgIpc) is 3.05. The van der Waals surface area contributed by atoms with Gasteiger partial charge in [0.15, 0.2) is 5.78 Å². The number of carbonyl (C=O) groups excluding carboxylic acids is 1. The van der Waals surface area contributed by atoms with Crippen LogP contribution in [-0.2, 0) is 20.4 Å². The van der Waals surface area contributed by atoms with Crippen LogP contribution in [0.25, 0.3) is 10.9 Å². The van der Waals surface area contributed by atoms with Crippen LogP contribution < -0.4 is 0 Å². The van der Waals surface area contributed by atoms with Gasteiger partial charge in [0.25, 0.3) is 10.0 Å². The van der Waals surface area contributed by atoms with Gasteiger partial charge in [-0.25, -0.2) is 12.4 Å². The van der Waals surface area contributed by atoms with Gasteiger partial charge in [0.05, 0.1) is 16.1 Å². The van der Waals surface area contributed by atoms with Crippen molar-refractivity contribution in [1.82, 2.24) is 3.97 Å². The first kappa shape index (κ1) is 17.5. The number of ketones is 1. The summed E-state index contributed by atoms with van der Waals surface area (Å²) in [4.78, 5) is 11.6. The molecule has 1 aliphatic carbocycles. The Morgan fingerprint density at radius 1 is 0.963 bits per heavy atom. The highest BCUT2D eigenvalue weighted by Gasteiger charge is 2.34. The van der Waals surface area contributed by atoms with Crippen LogP contribution in [-0.4, -0.2) is 23.3 Å². The summed E-state index contributed by atoms with van der Waals surface area (Å²) < 4.78 is 28.0. The Morgan fingerprint density at radius 2 is 1.63 bits per heavy atom. The quantitative estimate of drug-likeness (QED) is 0.759. The SMILES string of the molecule is Cc1ccc2c(c1)cc(C1(O)C=CC(=O)C=C1)n2S(=O)(=O)c1ccccc1. The van der Waals surface area contributed by atoms with Gasteiger partial charge in [0.2, 0.25) is 0 Å². The number of benzene rings is 2. The number of aryl methyl sites for hydroxylation is 1. The van der Waals surface area contributed by atoms with Crippen molar-refractivity contribution >= 4 is 26.7 Å². The number of carbonyl (C=O) groups is 1. The highest BCUT2D eigenvalue weighted by Crippen LogP contribution is 2.35. The number of rotatable bonds is 3. The molecule has 3 aromatic rings. The second-order valence-electron chi connectivity index (χ2n) is 6.57. The van der Waals surface area contributed by atoms with E-state index in [1.807, 2.05) is 19.1 Å². The molecule has 1 N–H and O–H groups in total. The number of allylic oxidation sites excluding steroid dienone is 2. The minimum Gasteiger partial charge on any atom is -0.376 e. The molecule has 27 heavy (non-hydrogen) atoms. The topological polar surface area (TPSA) is 76.4 Å². The molecule has 1 heterocycles. The Hall–Kier alpha value is -2.96. The molecule has 0 amide bonds. The fourth-order valence-electron chi connectivity index (χ4n) is 3.25. The summed E-state index contributed by atoms with van der Waals surface area (Å²) in [6.45, 7) is 1.91. The fourth-order valence-corrected chi connectivity index (χ4v) is 4.84. The third kappa shape index (κ3) is 2.83. The predicted octanol–water partition coefficient (Wildman–Crippen LogP) is 3.07. The molecular formula is C21H17NO4S. The minimum absolute atomic E-state index is 0.118. The first-order valence-corrected chi connectivity index (χ1v) is 9.83. The minimum atomic E-state index is -3.96. The van der Waals surface area contributed by atoms with E-state index < -0.39 is 15.6 Å². The lowest BCUT2D eigenvalue weighted by Gasteiger charge is -2.24. The fraction of sp³-hybridized carbons (Fsp3) is 0.0952. The van der Waals surface area contributed by atoms with E-state index >= 15 is 0 Å². The molecule has 0 atom stereocenters. The molecule has 0 bridgehead atoms. The molecule has 0 fully saturated rings. The number of fused-ring (bicyclic) bond motifs is 1. The van der Waals surface area contributed by atoms with Crippen molar-refractivity contribution in [1.29, 1.82) is 0 Å². The predicted molar refractivity (Wildman–Crippen MR) is 103 cm³/mol. The van der Waals surface area contributed by atoms with Crippen LogP contribution in [0.2, 0.25) is 0 Å². The van der Waals surface area contributed by atoms with Crippen LogP contribution in [0, 0.1) is 6.92 Å². The van der Waals surface area contributed by atoms with E-state index in [-0.39, 0.29) is 16.4 Å². The summed E-state index contributed by atoms with van der Waals surface area (Å²) in [5.41, 5.74) is -0.110. The maximum atomic E-state index is 13.4. The van der Waals surface area contributed by atoms with Gasteiger partial charge in [-0.1, -0.05) is 29.8 Å². The zero-order valence-corrected chi connectivity index (χ0v) is 15.3. The number of hydrogen-bond donors (Lipinski definition) is 1. The maximum Gasteiger partial charge on any atom is 0.268 e. The normalized spacial score (nSPS) is 16.1. The summed E-state index contributed by atoms with van der Waals surface area (Å²) in [6.07, 6.45) is 5.10. The third-order valence-electron chi connectivity index (χ3n) is 4.61. The number of aromatic nitrogens is 1. The molecule has 0 saturated carbocycles. The van der Waals surface area contributed by atoms with Gasteiger partial charge < -0.3 is 5.11 Å². The second-order valence-corrected chi connectivity index (χ2v) is 8.36. The number of aliphatic hydroxyl groups is 1. The third-order valence-corrected chi connectivity index (χ3v) is 6.35. The molecular weight excluding hydrogens is 362 g/mol. The second kappa shape index (κ2) is 6.04. The number of hydrogen-bond acceptors (Lipinski definition) is 4. The van der Waals surface area contributed by atoms with Gasteiger partial charge in [-0.3, -0.25) is 4.79 Å². The molecule has 0 unspecified atom stereocenters. The largest absolute Gasteiger partial charge is 0.376 e. The van der Waals surface area contributed by atoms with Gasteiger partial charge in [-0.15, -0.1) is 0 Å². The summed E-state index contributed by atoms with van der Waals surface area (Å²) in [5.74, 6) is -0.260. The smallest absolute Gasteiger partial charge is 0.268 e. The van der Waals surface area contributed by atoms with Crippen molar-refractivity contribution in [2.75, 3.05) is 0 Å². The van der Waals surface area contributed by atoms with E-state index in [0.29, 0.717) is 10.9 Å². The first-order valence-electron chi connectivity index (χ1n) is 8.39. The van der Waals surface area contributed by atoms with Crippen LogP contribution in [0.3, 0.4) is 0 Å². The van der Waals surface area contributed by atoms with E-state index in [0.717, 1.165) is 9.54 Å². The van der Waals surface area contributed by atoms with Crippen molar-refractivity contribution in [3.05, 3.63) is 90.2 Å². The Kier molecular flexibility index (Phi) is 3.91. The van der Waals surface area contributed by atoms with E-state index in [1.165, 1.54) is 36.4 Å². The molecule has 1 aliphatic rings. The Bertz CT molecular complexity index is 1200. The van der Waals surface area contributed by atoms with Crippen LogP contribution in [0.1, 0.15) is 11.3 Å². The van der Waals surface area contributed by atoms with Crippen LogP contribution in [0.15, 0.2) is 83.8 Å². The van der Waals surface area contributed by atoms with Gasteiger partial charge in [0.1, 0.15) is 5.60 Å². The van der Waals surface area contributed by atoms with Crippen LogP contribution in [0.5, 0.6) is 0 Å². The summed E-state index contributed by atoms with van der Waals surface area (Å²) in [7, 11) is -3.96. The lowest BCUT2D eigenvalue weighted by atomic mass is 9.94. The van der Waals surface area contributed by atoms with E-state index in [2.05, 4.69) is 0 Å². The zero-order valence-electron chi connectivity index (χ0n) is 14.5. The Morgan fingerprint density at radius 3 is 2.30 bits per heavy atom. The highest BCUT2D eigenvalue weighted by molar-refractivity contribution is 7.90. The molecule has 4 rings (SSSR count). The number of nitrogens with zero attached hydrogens (tertiary/aromatic N) is 1. The van der Waals surface area contributed by atoms with Crippen molar-refractivity contribution in [2.24, 2.45) is 0 Å². The van der Waals surface area contributed by atoms with Crippen molar-refractivity contribution in [3.63, 3.8) is 0 Å². The van der Waals surface area contributed by atoms with E-state index in [4.69, 9.17) is 0 Å². The Labute approximate surface area is 156 Å². The van der Waals surface area contributed by atoms with Crippen molar-refractivity contribution in [2.45, 2.75) is 17.4 Å². The average molecular weight is 379 g/mol. The molecule has 0 aliphatic heterocycles. The maximum absolute atomic E-state index is 13.4. The molecule has 2 aromatic carbocycles.